The van der Waals surface area contributed by atoms with Crippen LogP contribution in [0.2, 0.25) is 0 Å². The van der Waals surface area contributed by atoms with Crippen LogP contribution in [-0.4, -0.2) is 45.8 Å². The third-order valence-electron chi connectivity index (χ3n) is 6.48. The van der Waals surface area contributed by atoms with Gasteiger partial charge >= 0.3 is 0 Å². The highest BCUT2D eigenvalue weighted by Gasteiger charge is 2.30. The Balaban J connectivity index is 1.40. The Morgan fingerprint density at radius 1 is 0.917 bits per heavy atom. The molecular weight excluding hydrogens is 474 g/mol. The number of benzene rings is 3. The molecule has 0 unspecified atom stereocenters. The molecule has 7 nitrogen and oxygen atoms in total. The summed E-state index contributed by atoms with van der Waals surface area (Å²) in [5.41, 5.74) is 2.57. The Hall–Kier alpha value is -3.33. The lowest BCUT2D eigenvalue weighted by Crippen LogP contribution is -2.52. The van der Waals surface area contributed by atoms with E-state index in [1.807, 2.05) is 36.4 Å². The van der Waals surface area contributed by atoms with Gasteiger partial charge in [0.25, 0.3) is 0 Å². The van der Waals surface area contributed by atoms with E-state index in [9.17, 15) is 18.0 Å². The summed E-state index contributed by atoms with van der Waals surface area (Å²) in [7, 11) is -3.84. The smallest absolute Gasteiger partial charge is 0.240 e. The largest absolute Gasteiger partial charge is 0.355 e. The molecule has 0 aliphatic carbocycles. The second-order valence-corrected chi connectivity index (χ2v) is 10.8. The van der Waals surface area contributed by atoms with Crippen LogP contribution >= 0.6 is 0 Å². The van der Waals surface area contributed by atoms with E-state index in [2.05, 4.69) is 39.6 Å². The third-order valence-corrected chi connectivity index (χ3v) is 8.00. The van der Waals surface area contributed by atoms with Crippen molar-refractivity contribution in [2.45, 2.75) is 30.2 Å². The molecule has 1 saturated heterocycles. The van der Waals surface area contributed by atoms with Crippen LogP contribution in [0.5, 0.6) is 0 Å². The predicted molar refractivity (Wildman–Crippen MR) is 139 cm³/mol. The molecule has 2 atom stereocenters. The van der Waals surface area contributed by atoms with Crippen molar-refractivity contribution in [3.8, 4) is 0 Å². The van der Waals surface area contributed by atoms with Crippen molar-refractivity contribution in [2.24, 2.45) is 5.92 Å². The van der Waals surface area contributed by atoms with Crippen molar-refractivity contribution in [2.75, 3.05) is 19.6 Å². The van der Waals surface area contributed by atoms with E-state index in [1.165, 1.54) is 19.1 Å². The van der Waals surface area contributed by atoms with Gasteiger partial charge in [-0.1, -0.05) is 72.8 Å². The second-order valence-electron chi connectivity index (χ2n) is 9.11. The summed E-state index contributed by atoms with van der Waals surface area (Å²) in [5, 5.41) is 6.27. The highest BCUT2D eigenvalue weighted by atomic mass is 32.2. The number of Topliss-reactive ketones (excluding diaryl/α,β-unsaturated/α-hetero) is 1. The summed E-state index contributed by atoms with van der Waals surface area (Å²) in [4.78, 5) is 24.8. The molecule has 188 valence electrons. The lowest BCUT2D eigenvalue weighted by atomic mass is 9.90. The topological polar surface area (TPSA) is 104 Å². The first-order valence-electron chi connectivity index (χ1n) is 12.0. The molecule has 0 bridgehead atoms. The van der Waals surface area contributed by atoms with Crippen LogP contribution in [0, 0.1) is 5.92 Å². The van der Waals surface area contributed by atoms with Gasteiger partial charge in [0.05, 0.1) is 10.8 Å². The SMILES string of the molecule is CC(=O)c1cccc(S(=O)(=O)N[C@H]2CNC[C@@H](C(=O)NCC(c3ccccc3)c3ccccc3)C2)c1. The van der Waals surface area contributed by atoms with E-state index in [0.717, 1.165) is 11.1 Å². The Kier molecular flexibility index (Phi) is 8.30. The van der Waals surface area contributed by atoms with Gasteiger partial charge in [-0.25, -0.2) is 13.1 Å². The van der Waals surface area contributed by atoms with Crippen LogP contribution in [0.25, 0.3) is 0 Å². The summed E-state index contributed by atoms with van der Waals surface area (Å²) < 4.78 is 28.6. The van der Waals surface area contributed by atoms with Crippen molar-refractivity contribution in [3.05, 3.63) is 102 Å². The number of sulfonamides is 1. The number of carbonyl (C=O) groups excluding carboxylic acids is 2. The second kappa shape index (κ2) is 11.6. The summed E-state index contributed by atoms with van der Waals surface area (Å²) in [6.07, 6.45) is 0.381. The Bertz CT molecular complexity index is 1260. The predicted octanol–water partition coefficient (Wildman–Crippen LogP) is 3.09. The maximum atomic E-state index is 13.1. The molecular formula is C28H31N3O4S. The summed E-state index contributed by atoms with van der Waals surface area (Å²) in [6, 6.07) is 25.6. The van der Waals surface area contributed by atoms with Gasteiger partial charge in [0.1, 0.15) is 0 Å². The zero-order chi connectivity index (χ0) is 25.5. The number of rotatable bonds is 9. The zero-order valence-corrected chi connectivity index (χ0v) is 21.0. The highest BCUT2D eigenvalue weighted by molar-refractivity contribution is 7.89. The van der Waals surface area contributed by atoms with Crippen LogP contribution in [0.3, 0.4) is 0 Å². The lowest BCUT2D eigenvalue weighted by Gasteiger charge is -2.30. The Labute approximate surface area is 212 Å². The van der Waals surface area contributed by atoms with Gasteiger partial charge in [0.2, 0.25) is 15.9 Å². The van der Waals surface area contributed by atoms with E-state index < -0.39 is 16.1 Å². The first kappa shape index (κ1) is 25.8. The summed E-state index contributed by atoms with van der Waals surface area (Å²) in [5.74, 6) is -0.674. The van der Waals surface area contributed by atoms with Crippen molar-refractivity contribution in [1.82, 2.24) is 15.4 Å². The van der Waals surface area contributed by atoms with Gasteiger partial charge in [-0.05, 0) is 36.6 Å². The molecule has 1 fully saturated rings. The molecule has 3 aromatic carbocycles. The maximum Gasteiger partial charge on any atom is 0.240 e. The average molecular weight is 506 g/mol. The van der Waals surface area contributed by atoms with E-state index in [4.69, 9.17) is 0 Å². The molecule has 3 aromatic rings. The fourth-order valence-corrected chi connectivity index (χ4v) is 5.84. The standard InChI is InChI=1S/C28H31N3O4S/c1-20(32)23-13-8-14-26(16-23)36(34,35)31-25-15-24(17-29-18-25)28(33)30-19-27(21-9-4-2-5-10-21)22-11-6-3-7-12-22/h2-14,16,24-25,27,29,31H,15,17-19H2,1H3,(H,30,33)/t24-,25+/m0/s1. The summed E-state index contributed by atoms with van der Waals surface area (Å²) >= 11 is 0. The van der Waals surface area contributed by atoms with Gasteiger partial charge in [0, 0.05) is 37.2 Å². The van der Waals surface area contributed by atoms with Crippen molar-refractivity contribution < 1.29 is 18.0 Å². The molecule has 0 spiro atoms. The number of nitrogens with one attached hydrogen (secondary N) is 3. The molecule has 1 amide bonds. The number of amides is 1. The molecule has 1 aliphatic heterocycles. The fourth-order valence-electron chi connectivity index (χ4n) is 4.55. The monoisotopic (exact) mass is 505 g/mol. The molecule has 0 aromatic heterocycles. The van der Waals surface area contributed by atoms with Crippen LogP contribution in [0.4, 0.5) is 0 Å². The first-order valence-corrected chi connectivity index (χ1v) is 13.5. The molecule has 0 saturated carbocycles. The summed E-state index contributed by atoms with van der Waals surface area (Å²) in [6.45, 7) is 2.74. The van der Waals surface area contributed by atoms with Crippen molar-refractivity contribution in [1.29, 1.82) is 0 Å². The third kappa shape index (κ3) is 6.46. The normalized spacial score (nSPS) is 18.1. The van der Waals surface area contributed by atoms with Gasteiger partial charge in [-0.15, -0.1) is 0 Å². The molecule has 1 aliphatic rings. The molecule has 36 heavy (non-hydrogen) atoms. The van der Waals surface area contributed by atoms with E-state index >= 15 is 0 Å². The van der Waals surface area contributed by atoms with Crippen LogP contribution < -0.4 is 15.4 Å². The number of carbonyl (C=O) groups is 2. The number of hydrogen-bond acceptors (Lipinski definition) is 5. The molecule has 1 heterocycles. The Morgan fingerprint density at radius 2 is 1.56 bits per heavy atom. The lowest BCUT2D eigenvalue weighted by molar-refractivity contribution is -0.125. The average Bonchev–Trinajstić information content (AvgIpc) is 2.90. The van der Waals surface area contributed by atoms with Gasteiger partial charge in [0.15, 0.2) is 5.78 Å². The number of piperidine rings is 1. The minimum atomic E-state index is -3.84. The van der Waals surface area contributed by atoms with Crippen LogP contribution in [0.1, 0.15) is 40.7 Å². The fraction of sp³-hybridized carbons (Fsp3) is 0.286. The van der Waals surface area contributed by atoms with Gasteiger partial charge < -0.3 is 10.6 Å². The molecule has 8 heteroatoms. The maximum absolute atomic E-state index is 13.1. The highest BCUT2D eigenvalue weighted by Crippen LogP contribution is 2.24. The van der Waals surface area contributed by atoms with Crippen molar-refractivity contribution in [3.63, 3.8) is 0 Å². The van der Waals surface area contributed by atoms with E-state index in [-0.39, 0.29) is 28.4 Å². The van der Waals surface area contributed by atoms with Crippen LogP contribution in [-0.2, 0) is 14.8 Å². The van der Waals surface area contributed by atoms with E-state index in [1.54, 1.807) is 12.1 Å². The van der Waals surface area contributed by atoms with Gasteiger partial charge in [-0.2, -0.15) is 0 Å². The molecule has 0 radical (unpaired) electrons. The van der Waals surface area contributed by atoms with E-state index in [0.29, 0.717) is 31.6 Å². The Morgan fingerprint density at radius 3 is 2.17 bits per heavy atom. The quantitative estimate of drug-likeness (QED) is 0.388. The number of hydrogen-bond donors (Lipinski definition) is 3. The molecule has 4 rings (SSSR count). The number of ketones is 1. The minimum Gasteiger partial charge on any atom is -0.355 e. The molecule has 3 N–H and O–H groups in total. The first-order chi connectivity index (χ1) is 17.3. The van der Waals surface area contributed by atoms with Crippen molar-refractivity contribution >= 4 is 21.7 Å². The van der Waals surface area contributed by atoms with Gasteiger partial charge in [-0.3, -0.25) is 9.59 Å². The minimum absolute atomic E-state index is 0.00996. The zero-order valence-electron chi connectivity index (χ0n) is 20.2. The van der Waals surface area contributed by atoms with Crippen LogP contribution in [0.15, 0.2) is 89.8 Å².